The monoisotopic (exact) mass is 262 g/mol. The largest absolute Gasteiger partial charge is 0.379 e. The van der Waals surface area contributed by atoms with Crippen molar-refractivity contribution in [3.8, 4) is 0 Å². The zero-order chi connectivity index (χ0) is 13.3. The van der Waals surface area contributed by atoms with E-state index in [1.807, 2.05) is 0 Å². The van der Waals surface area contributed by atoms with Gasteiger partial charge in [-0.1, -0.05) is 37.3 Å². The van der Waals surface area contributed by atoms with Gasteiger partial charge in [-0.25, -0.2) is 0 Å². The molecule has 0 bridgehead atoms. The predicted molar refractivity (Wildman–Crippen MR) is 79.6 cm³/mol. The van der Waals surface area contributed by atoms with Crippen molar-refractivity contribution in [2.24, 2.45) is 0 Å². The van der Waals surface area contributed by atoms with E-state index < -0.39 is 0 Å². The first-order valence-corrected chi connectivity index (χ1v) is 7.42. The van der Waals surface area contributed by atoms with E-state index in [-0.39, 0.29) is 0 Å². The molecule has 1 aliphatic rings. The number of rotatable bonds is 7. The van der Waals surface area contributed by atoms with Gasteiger partial charge in [0.1, 0.15) is 0 Å². The van der Waals surface area contributed by atoms with Gasteiger partial charge in [-0.2, -0.15) is 0 Å². The third kappa shape index (κ3) is 5.31. The lowest BCUT2D eigenvalue weighted by molar-refractivity contribution is 0.0374. The van der Waals surface area contributed by atoms with Gasteiger partial charge in [0.25, 0.3) is 0 Å². The third-order valence-corrected chi connectivity index (χ3v) is 3.75. The maximum absolute atomic E-state index is 5.35. The van der Waals surface area contributed by atoms with Crippen molar-refractivity contribution < 1.29 is 4.74 Å². The van der Waals surface area contributed by atoms with Crippen molar-refractivity contribution in [2.75, 3.05) is 45.9 Å². The van der Waals surface area contributed by atoms with Crippen LogP contribution in [-0.2, 0) is 4.74 Å². The molecule has 19 heavy (non-hydrogen) atoms. The first-order chi connectivity index (χ1) is 9.36. The number of hydrogen-bond donors (Lipinski definition) is 1. The molecule has 3 heteroatoms. The minimum atomic E-state index is 0.588. The van der Waals surface area contributed by atoms with Crippen molar-refractivity contribution in [2.45, 2.75) is 19.3 Å². The summed E-state index contributed by atoms with van der Waals surface area (Å²) in [6, 6.07) is 10.7. The molecule has 2 rings (SSSR count). The zero-order valence-corrected chi connectivity index (χ0v) is 12.0. The minimum absolute atomic E-state index is 0.588. The molecular weight excluding hydrogens is 236 g/mol. The zero-order valence-electron chi connectivity index (χ0n) is 12.0. The molecule has 1 aliphatic heterocycles. The number of hydrogen-bond acceptors (Lipinski definition) is 3. The molecule has 0 saturated carbocycles. The second kappa shape index (κ2) is 8.31. The van der Waals surface area contributed by atoms with Crippen molar-refractivity contribution >= 4 is 0 Å². The van der Waals surface area contributed by atoms with Gasteiger partial charge in [-0.15, -0.1) is 0 Å². The van der Waals surface area contributed by atoms with Crippen molar-refractivity contribution in [3.63, 3.8) is 0 Å². The second-order valence-corrected chi connectivity index (χ2v) is 5.32. The summed E-state index contributed by atoms with van der Waals surface area (Å²) < 4.78 is 5.35. The fourth-order valence-corrected chi connectivity index (χ4v) is 2.47. The Morgan fingerprint density at radius 2 is 1.95 bits per heavy atom. The average Bonchev–Trinajstić information content (AvgIpc) is 2.49. The number of benzene rings is 1. The van der Waals surface area contributed by atoms with Crippen LogP contribution >= 0.6 is 0 Å². The summed E-state index contributed by atoms with van der Waals surface area (Å²) in [5, 5.41) is 3.57. The Morgan fingerprint density at radius 1 is 1.21 bits per heavy atom. The second-order valence-electron chi connectivity index (χ2n) is 5.32. The quantitative estimate of drug-likeness (QED) is 0.762. The number of nitrogens with one attached hydrogen (secondary N) is 1. The van der Waals surface area contributed by atoms with Gasteiger partial charge in [-0.3, -0.25) is 4.90 Å². The summed E-state index contributed by atoms with van der Waals surface area (Å²) >= 11 is 0. The Hall–Kier alpha value is -0.900. The molecule has 1 aromatic rings. The van der Waals surface area contributed by atoms with Crippen LogP contribution in [0.2, 0.25) is 0 Å². The van der Waals surface area contributed by atoms with Crippen LogP contribution in [0.3, 0.4) is 0 Å². The lowest BCUT2D eigenvalue weighted by Gasteiger charge is -2.26. The van der Waals surface area contributed by atoms with E-state index in [9.17, 15) is 0 Å². The molecular formula is C16H26N2O. The maximum Gasteiger partial charge on any atom is 0.0594 e. The van der Waals surface area contributed by atoms with Crippen molar-refractivity contribution in [3.05, 3.63) is 35.9 Å². The standard InChI is InChI=1S/C16H26N2O/c1-15(16-6-3-2-4-7-16)14-17-8-5-9-18-10-12-19-13-11-18/h2-4,6-7,15,17H,5,8-14H2,1H3. The summed E-state index contributed by atoms with van der Waals surface area (Å²) in [6.07, 6.45) is 1.22. The Labute approximate surface area is 116 Å². The normalized spacial score (nSPS) is 18.4. The van der Waals surface area contributed by atoms with Crippen LogP contribution in [0.25, 0.3) is 0 Å². The summed E-state index contributed by atoms with van der Waals surface area (Å²) in [5.41, 5.74) is 1.42. The van der Waals surface area contributed by atoms with E-state index in [1.165, 1.54) is 18.5 Å². The Bertz CT molecular complexity index is 336. The van der Waals surface area contributed by atoms with Crippen molar-refractivity contribution in [1.29, 1.82) is 0 Å². The smallest absolute Gasteiger partial charge is 0.0594 e. The molecule has 0 aromatic heterocycles. The Kier molecular flexibility index (Phi) is 6.34. The average molecular weight is 262 g/mol. The van der Waals surface area contributed by atoms with E-state index in [4.69, 9.17) is 4.74 Å². The Balaban J connectivity index is 1.54. The van der Waals surface area contributed by atoms with E-state index >= 15 is 0 Å². The molecule has 1 aromatic carbocycles. The van der Waals surface area contributed by atoms with Gasteiger partial charge in [-0.05, 0) is 31.0 Å². The molecule has 1 fully saturated rings. The van der Waals surface area contributed by atoms with Crippen LogP contribution in [-0.4, -0.2) is 50.8 Å². The predicted octanol–water partition coefficient (Wildman–Crippen LogP) is 2.10. The van der Waals surface area contributed by atoms with E-state index in [2.05, 4.69) is 47.5 Å². The fourth-order valence-electron chi connectivity index (χ4n) is 2.47. The van der Waals surface area contributed by atoms with Gasteiger partial charge < -0.3 is 10.1 Å². The molecule has 106 valence electrons. The SMILES string of the molecule is CC(CNCCCN1CCOCC1)c1ccccc1. The summed E-state index contributed by atoms with van der Waals surface area (Å²) in [6.45, 7) is 9.64. The van der Waals surface area contributed by atoms with Crippen LogP contribution in [0, 0.1) is 0 Å². The molecule has 0 amide bonds. The van der Waals surface area contributed by atoms with Crippen LogP contribution in [0.5, 0.6) is 0 Å². The third-order valence-electron chi connectivity index (χ3n) is 3.75. The van der Waals surface area contributed by atoms with E-state index in [0.29, 0.717) is 5.92 Å². The number of ether oxygens (including phenoxy) is 1. The lowest BCUT2D eigenvalue weighted by Crippen LogP contribution is -2.37. The van der Waals surface area contributed by atoms with Gasteiger partial charge in [0, 0.05) is 19.6 Å². The van der Waals surface area contributed by atoms with Crippen LogP contribution < -0.4 is 5.32 Å². The first-order valence-electron chi connectivity index (χ1n) is 7.42. The highest BCUT2D eigenvalue weighted by atomic mass is 16.5. The number of morpholine rings is 1. The van der Waals surface area contributed by atoms with Crippen LogP contribution in [0.1, 0.15) is 24.8 Å². The molecule has 3 nitrogen and oxygen atoms in total. The minimum Gasteiger partial charge on any atom is -0.379 e. The van der Waals surface area contributed by atoms with Gasteiger partial charge in [0.05, 0.1) is 13.2 Å². The molecule has 0 radical (unpaired) electrons. The highest BCUT2D eigenvalue weighted by Gasteiger charge is 2.09. The highest BCUT2D eigenvalue weighted by molar-refractivity contribution is 5.18. The van der Waals surface area contributed by atoms with Gasteiger partial charge in [0.15, 0.2) is 0 Å². The molecule has 1 unspecified atom stereocenters. The highest BCUT2D eigenvalue weighted by Crippen LogP contribution is 2.12. The molecule has 1 heterocycles. The Morgan fingerprint density at radius 3 is 2.68 bits per heavy atom. The summed E-state index contributed by atoms with van der Waals surface area (Å²) in [5.74, 6) is 0.588. The maximum atomic E-state index is 5.35. The van der Waals surface area contributed by atoms with Crippen LogP contribution in [0.4, 0.5) is 0 Å². The van der Waals surface area contributed by atoms with Gasteiger partial charge in [0.2, 0.25) is 0 Å². The molecule has 0 spiro atoms. The van der Waals surface area contributed by atoms with Gasteiger partial charge >= 0.3 is 0 Å². The summed E-state index contributed by atoms with van der Waals surface area (Å²) in [7, 11) is 0. The fraction of sp³-hybridized carbons (Fsp3) is 0.625. The van der Waals surface area contributed by atoms with E-state index in [1.54, 1.807) is 0 Å². The summed E-state index contributed by atoms with van der Waals surface area (Å²) in [4.78, 5) is 2.49. The topological polar surface area (TPSA) is 24.5 Å². The molecule has 0 aliphatic carbocycles. The molecule has 1 atom stereocenters. The molecule has 1 N–H and O–H groups in total. The van der Waals surface area contributed by atoms with E-state index in [0.717, 1.165) is 39.4 Å². The van der Waals surface area contributed by atoms with Crippen LogP contribution in [0.15, 0.2) is 30.3 Å². The molecule has 1 saturated heterocycles. The number of nitrogens with zero attached hydrogens (tertiary/aromatic N) is 1. The van der Waals surface area contributed by atoms with Crippen molar-refractivity contribution in [1.82, 2.24) is 10.2 Å². The first kappa shape index (κ1) is 14.5. The lowest BCUT2D eigenvalue weighted by atomic mass is 10.0.